The van der Waals surface area contributed by atoms with E-state index < -0.39 is 0 Å². The number of hydrogen-bond acceptors (Lipinski definition) is 4. The number of carbonyl (C=O) groups is 1. The second-order valence-corrected chi connectivity index (χ2v) is 5.25. The third-order valence-corrected chi connectivity index (χ3v) is 4.06. The van der Waals surface area contributed by atoms with Crippen LogP contribution in [0.25, 0.3) is 0 Å². The SMILES string of the molecule is N#CC1CCCC1NC(=O)C1Cc2nc[nH]c2CN1. The Morgan fingerprint density at radius 3 is 3.26 bits per heavy atom. The van der Waals surface area contributed by atoms with Crippen molar-refractivity contribution in [2.75, 3.05) is 0 Å². The van der Waals surface area contributed by atoms with Gasteiger partial charge < -0.3 is 10.3 Å². The zero-order valence-corrected chi connectivity index (χ0v) is 10.6. The normalized spacial score (nSPS) is 29.5. The summed E-state index contributed by atoms with van der Waals surface area (Å²) in [5.74, 6) is -0.0470. The number of rotatable bonds is 2. The van der Waals surface area contributed by atoms with Crippen molar-refractivity contribution in [2.24, 2.45) is 5.92 Å². The number of hydrogen-bond donors (Lipinski definition) is 3. The molecule has 1 aromatic rings. The van der Waals surface area contributed by atoms with Crippen LogP contribution >= 0.6 is 0 Å². The van der Waals surface area contributed by atoms with Gasteiger partial charge in [0.25, 0.3) is 0 Å². The van der Waals surface area contributed by atoms with Gasteiger partial charge in [-0.15, -0.1) is 0 Å². The third-order valence-electron chi connectivity index (χ3n) is 4.06. The van der Waals surface area contributed by atoms with Gasteiger partial charge in [0.15, 0.2) is 0 Å². The lowest BCUT2D eigenvalue weighted by molar-refractivity contribution is -0.124. The standard InChI is InChI=1S/C13H17N5O/c14-5-8-2-1-3-9(8)18-13(19)11-4-10-12(6-15-11)17-7-16-10/h7-9,11,15H,1-4,6H2,(H,16,17)(H,18,19). The van der Waals surface area contributed by atoms with Gasteiger partial charge in [-0.3, -0.25) is 10.1 Å². The van der Waals surface area contributed by atoms with Gasteiger partial charge >= 0.3 is 0 Å². The Kier molecular flexibility index (Phi) is 3.22. The molecule has 1 amide bonds. The number of aromatic amines is 1. The van der Waals surface area contributed by atoms with Crippen molar-refractivity contribution in [3.63, 3.8) is 0 Å². The Bertz CT molecular complexity index is 517. The van der Waals surface area contributed by atoms with Crippen molar-refractivity contribution >= 4 is 5.91 Å². The van der Waals surface area contributed by atoms with Crippen LogP contribution in [-0.2, 0) is 17.8 Å². The van der Waals surface area contributed by atoms with Crippen molar-refractivity contribution in [2.45, 2.75) is 44.3 Å². The summed E-state index contributed by atoms with van der Waals surface area (Å²) in [5.41, 5.74) is 2.02. The van der Waals surface area contributed by atoms with Crippen LogP contribution in [0.4, 0.5) is 0 Å². The molecule has 1 aromatic heterocycles. The molecule has 1 fully saturated rings. The molecule has 2 heterocycles. The lowest BCUT2D eigenvalue weighted by Gasteiger charge is -2.25. The first kappa shape index (κ1) is 12.2. The van der Waals surface area contributed by atoms with Gasteiger partial charge in [0.05, 0.1) is 35.7 Å². The maximum absolute atomic E-state index is 12.2. The van der Waals surface area contributed by atoms with Gasteiger partial charge in [0.1, 0.15) is 0 Å². The Labute approximate surface area is 111 Å². The van der Waals surface area contributed by atoms with Gasteiger partial charge in [-0.25, -0.2) is 4.98 Å². The van der Waals surface area contributed by atoms with Crippen molar-refractivity contribution in [3.8, 4) is 6.07 Å². The van der Waals surface area contributed by atoms with E-state index in [0.29, 0.717) is 13.0 Å². The largest absolute Gasteiger partial charge is 0.351 e. The molecule has 3 rings (SSSR count). The lowest BCUT2D eigenvalue weighted by Crippen LogP contribution is -2.51. The fourth-order valence-electron chi connectivity index (χ4n) is 2.93. The van der Waals surface area contributed by atoms with Gasteiger partial charge in [0, 0.05) is 19.0 Å². The molecule has 6 heteroatoms. The van der Waals surface area contributed by atoms with Crippen molar-refractivity contribution in [1.29, 1.82) is 5.26 Å². The average Bonchev–Trinajstić information content (AvgIpc) is 3.05. The molecule has 3 unspecified atom stereocenters. The second-order valence-electron chi connectivity index (χ2n) is 5.25. The smallest absolute Gasteiger partial charge is 0.237 e. The maximum atomic E-state index is 12.2. The van der Waals surface area contributed by atoms with Crippen LogP contribution in [0.3, 0.4) is 0 Å². The van der Waals surface area contributed by atoms with E-state index >= 15 is 0 Å². The number of fused-ring (bicyclic) bond motifs is 1. The van der Waals surface area contributed by atoms with Crippen LogP contribution in [-0.4, -0.2) is 28.0 Å². The van der Waals surface area contributed by atoms with E-state index in [2.05, 4.69) is 26.7 Å². The van der Waals surface area contributed by atoms with Crippen LogP contribution in [0.5, 0.6) is 0 Å². The average molecular weight is 259 g/mol. The van der Waals surface area contributed by atoms with E-state index in [1.54, 1.807) is 6.33 Å². The fourth-order valence-corrected chi connectivity index (χ4v) is 2.93. The molecule has 0 spiro atoms. The maximum Gasteiger partial charge on any atom is 0.237 e. The fraction of sp³-hybridized carbons (Fsp3) is 0.615. The molecular formula is C13H17N5O. The summed E-state index contributed by atoms with van der Waals surface area (Å²) in [4.78, 5) is 19.5. The third kappa shape index (κ3) is 2.34. The molecule has 6 nitrogen and oxygen atoms in total. The topological polar surface area (TPSA) is 93.6 Å². The van der Waals surface area contributed by atoms with Crippen LogP contribution < -0.4 is 10.6 Å². The van der Waals surface area contributed by atoms with Crippen molar-refractivity contribution < 1.29 is 4.79 Å². The molecule has 3 atom stereocenters. The minimum absolute atomic E-state index is 0.0131. The number of imidazole rings is 1. The monoisotopic (exact) mass is 259 g/mol. The van der Waals surface area contributed by atoms with Gasteiger partial charge in [0.2, 0.25) is 5.91 Å². The second kappa shape index (κ2) is 5.02. The van der Waals surface area contributed by atoms with E-state index in [1.807, 2.05) is 0 Å². The van der Waals surface area contributed by atoms with Gasteiger partial charge in [-0.1, -0.05) is 0 Å². The Hall–Kier alpha value is -1.87. The van der Waals surface area contributed by atoms with Crippen LogP contribution in [0.1, 0.15) is 30.7 Å². The number of amides is 1. The molecular weight excluding hydrogens is 242 g/mol. The number of nitrogens with one attached hydrogen (secondary N) is 3. The molecule has 1 saturated carbocycles. The number of carbonyl (C=O) groups excluding carboxylic acids is 1. The highest BCUT2D eigenvalue weighted by atomic mass is 16.2. The molecule has 0 saturated heterocycles. The molecule has 3 N–H and O–H groups in total. The van der Waals surface area contributed by atoms with Crippen molar-refractivity contribution in [3.05, 3.63) is 17.7 Å². The van der Waals surface area contributed by atoms with E-state index in [1.165, 1.54) is 0 Å². The quantitative estimate of drug-likeness (QED) is 0.709. The van der Waals surface area contributed by atoms with Crippen LogP contribution in [0.2, 0.25) is 0 Å². The summed E-state index contributed by atoms with van der Waals surface area (Å²) in [6.45, 7) is 0.639. The number of nitrogens with zero attached hydrogens (tertiary/aromatic N) is 2. The summed E-state index contributed by atoms with van der Waals surface area (Å²) in [6, 6.07) is 2.06. The predicted octanol–water partition coefficient (Wildman–Crippen LogP) is 0.232. The Morgan fingerprint density at radius 2 is 2.42 bits per heavy atom. The number of aromatic nitrogens is 2. The lowest BCUT2D eigenvalue weighted by atomic mass is 10.0. The number of nitriles is 1. The summed E-state index contributed by atoms with van der Waals surface area (Å²) >= 11 is 0. The number of H-pyrrole nitrogens is 1. The zero-order chi connectivity index (χ0) is 13.2. The molecule has 0 radical (unpaired) electrons. The van der Waals surface area contributed by atoms with E-state index in [4.69, 9.17) is 5.26 Å². The highest BCUT2D eigenvalue weighted by Crippen LogP contribution is 2.25. The summed E-state index contributed by atoms with van der Waals surface area (Å²) < 4.78 is 0. The highest BCUT2D eigenvalue weighted by molar-refractivity contribution is 5.82. The minimum atomic E-state index is -0.240. The summed E-state index contributed by atoms with van der Waals surface area (Å²) in [7, 11) is 0. The molecule has 100 valence electrons. The molecule has 1 aliphatic heterocycles. The Morgan fingerprint density at radius 1 is 1.53 bits per heavy atom. The summed E-state index contributed by atoms with van der Waals surface area (Å²) in [6.07, 6.45) is 5.09. The minimum Gasteiger partial charge on any atom is -0.351 e. The molecule has 19 heavy (non-hydrogen) atoms. The Balaban J connectivity index is 1.61. The van der Waals surface area contributed by atoms with Gasteiger partial charge in [-0.2, -0.15) is 5.26 Å². The molecule has 0 aromatic carbocycles. The first-order chi connectivity index (χ1) is 9.28. The van der Waals surface area contributed by atoms with E-state index in [-0.39, 0.29) is 23.9 Å². The highest BCUT2D eigenvalue weighted by Gasteiger charge is 2.32. The van der Waals surface area contributed by atoms with Crippen LogP contribution in [0.15, 0.2) is 6.33 Å². The predicted molar refractivity (Wildman–Crippen MR) is 67.8 cm³/mol. The van der Waals surface area contributed by atoms with Crippen LogP contribution in [0, 0.1) is 17.2 Å². The molecule has 0 bridgehead atoms. The molecule has 1 aliphatic carbocycles. The van der Waals surface area contributed by atoms with Crippen molar-refractivity contribution in [1.82, 2.24) is 20.6 Å². The van der Waals surface area contributed by atoms with Gasteiger partial charge in [-0.05, 0) is 19.3 Å². The first-order valence-corrected chi connectivity index (χ1v) is 6.72. The molecule has 2 aliphatic rings. The summed E-state index contributed by atoms with van der Waals surface area (Å²) in [5, 5.41) is 15.2. The first-order valence-electron chi connectivity index (χ1n) is 6.72. The zero-order valence-electron chi connectivity index (χ0n) is 10.6. The van der Waals surface area contributed by atoms with E-state index in [0.717, 1.165) is 30.7 Å². The van der Waals surface area contributed by atoms with E-state index in [9.17, 15) is 4.79 Å².